The number of nitrogens with one attached hydrogen (secondary N) is 2. The molecule has 1 heterocycles. The molecule has 7 nitrogen and oxygen atoms in total. The van der Waals surface area contributed by atoms with Crippen molar-refractivity contribution in [2.75, 3.05) is 18.2 Å². The summed E-state index contributed by atoms with van der Waals surface area (Å²) in [6.45, 7) is 3.88. The van der Waals surface area contributed by atoms with Crippen LogP contribution in [0.25, 0.3) is 0 Å². The Hall–Kier alpha value is -1.35. The highest BCUT2D eigenvalue weighted by molar-refractivity contribution is 8.01. The SMILES string of the molecule is CCC(C)C(NC(=O)CSc1nnc(NC2CC2)s1)C(=O)OC. The standard InChI is InChI=1S/C14H22N4O3S2/c1-4-8(2)11(12(20)21-3)16-10(19)7-22-14-18-17-13(23-14)15-9-5-6-9/h8-9,11H,4-7H2,1-3H3,(H,15,17)(H,16,19). The molecule has 1 aromatic heterocycles. The lowest BCUT2D eigenvalue weighted by molar-refractivity contribution is -0.146. The Morgan fingerprint density at radius 1 is 1.43 bits per heavy atom. The predicted octanol–water partition coefficient (Wildman–Crippen LogP) is 1.91. The molecule has 0 aliphatic heterocycles. The lowest BCUT2D eigenvalue weighted by Crippen LogP contribution is -2.46. The van der Waals surface area contributed by atoms with Crippen molar-refractivity contribution in [3.63, 3.8) is 0 Å². The van der Waals surface area contributed by atoms with Crippen LogP contribution < -0.4 is 10.6 Å². The molecular weight excluding hydrogens is 336 g/mol. The van der Waals surface area contributed by atoms with E-state index in [4.69, 9.17) is 4.74 Å². The molecule has 2 unspecified atom stereocenters. The Morgan fingerprint density at radius 2 is 2.17 bits per heavy atom. The fourth-order valence-corrected chi connectivity index (χ4v) is 3.51. The summed E-state index contributed by atoms with van der Waals surface area (Å²) >= 11 is 2.76. The van der Waals surface area contributed by atoms with Crippen molar-refractivity contribution >= 4 is 40.1 Å². The number of nitrogens with zero attached hydrogens (tertiary/aromatic N) is 2. The number of rotatable bonds is 9. The van der Waals surface area contributed by atoms with Crippen LogP contribution in [0.5, 0.6) is 0 Å². The smallest absolute Gasteiger partial charge is 0.328 e. The Bertz CT molecular complexity index is 548. The van der Waals surface area contributed by atoms with Crippen LogP contribution in [0.2, 0.25) is 0 Å². The van der Waals surface area contributed by atoms with E-state index in [9.17, 15) is 9.59 Å². The van der Waals surface area contributed by atoms with E-state index in [2.05, 4.69) is 20.8 Å². The largest absolute Gasteiger partial charge is 0.467 e. The third-order valence-electron chi connectivity index (χ3n) is 3.62. The Morgan fingerprint density at radius 3 is 2.78 bits per heavy atom. The Labute approximate surface area is 144 Å². The van der Waals surface area contributed by atoms with Gasteiger partial charge in [0.15, 0.2) is 4.34 Å². The predicted molar refractivity (Wildman–Crippen MR) is 90.7 cm³/mol. The summed E-state index contributed by atoms with van der Waals surface area (Å²) < 4.78 is 5.49. The van der Waals surface area contributed by atoms with Crippen LogP contribution in [-0.2, 0) is 14.3 Å². The van der Waals surface area contributed by atoms with Gasteiger partial charge in [-0.15, -0.1) is 10.2 Å². The van der Waals surface area contributed by atoms with Crippen LogP contribution in [0, 0.1) is 5.92 Å². The highest BCUT2D eigenvalue weighted by atomic mass is 32.2. The minimum atomic E-state index is -0.611. The van der Waals surface area contributed by atoms with Crippen molar-refractivity contribution in [1.82, 2.24) is 15.5 Å². The molecule has 9 heteroatoms. The van der Waals surface area contributed by atoms with Crippen molar-refractivity contribution in [3.05, 3.63) is 0 Å². The van der Waals surface area contributed by atoms with Gasteiger partial charge >= 0.3 is 5.97 Å². The summed E-state index contributed by atoms with van der Waals surface area (Å²) in [4.78, 5) is 23.8. The van der Waals surface area contributed by atoms with Gasteiger partial charge in [-0.3, -0.25) is 4.79 Å². The quantitative estimate of drug-likeness (QED) is 0.514. The van der Waals surface area contributed by atoms with Crippen LogP contribution in [0.15, 0.2) is 4.34 Å². The first-order chi connectivity index (χ1) is 11.0. The highest BCUT2D eigenvalue weighted by Crippen LogP contribution is 2.30. The van der Waals surface area contributed by atoms with Crippen LogP contribution in [0.4, 0.5) is 5.13 Å². The number of carbonyl (C=O) groups is 2. The van der Waals surface area contributed by atoms with E-state index in [1.165, 1.54) is 43.1 Å². The van der Waals surface area contributed by atoms with E-state index in [1.54, 1.807) is 0 Å². The molecule has 1 amide bonds. The Balaban J connectivity index is 1.80. The van der Waals surface area contributed by atoms with Gasteiger partial charge in [-0.2, -0.15) is 0 Å². The van der Waals surface area contributed by atoms with E-state index < -0.39 is 12.0 Å². The van der Waals surface area contributed by atoms with E-state index >= 15 is 0 Å². The fraction of sp³-hybridized carbons (Fsp3) is 0.714. The zero-order chi connectivity index (χ0) is 16.8. The van der Waals surface area contributed by atoms with Crippen molar-refractivity contribution in [2.45, 2.75) is 49.5 Å². The second-order valence-corrected chi connectivity index (χ2v) is 7.73. The Kier molecular flexibility index (Phi) is 6.64. The number of ether oxygens (including phenoxy) is 1. The lowest BCUT2D eigenvalue weighted by atomic mass is 9.99. The third kappa shape index (κ3) is 5.65. The molecule has 23 heavy (non-hydrogen) atoms. The minimum Gasteiger partial charge on any atom is -0.467 e. The number of thioether (sulfide) groups is 1. The molecule has 1 aliphatic rings. The van der Waals surface area contributed by atoms with E-state index in [0.29, 0.717) is 6.04 Å². The maximum atomic E-state index is 12.1. The molecule has 0 spiro atoms. The molecule has 0 radical (unpaired) electrons. The van der Waals surface area contributed by atoms with Crippen molar-refractivity contribution in [2.24, 2.45) is 5.92 Å². The lowest BCUT2D eigenvalue weighted by Gasteiger charge is -2.21. The van der Waals surface area contributed by atoms with E-state index in [-0.39, 0.29) is 17.6 Å². The molecule has 1 aromatic rings. The average Bonchev–Trinajstić information content (AvgIpc) is 3.25. The zero-order valence-corrected chi connectivity index (χ0v) is 15.1. The molecule has 1 aliphatic carbocycles. The molecule has 128 valence electrons. The number of carbonyl (C=O) groups excluding carboxylic acids is 2. The number of hydrogen-bond donors (Lipinski definition) is 2. The maximum absolute atomic E-state index is 12.1. The summed E-state index contributed by atoms with van der Waals surface area (Å²) in [5.41, 5.74) is 0. The van der Waals surface area contributed by atoms with E-state index in [1.807, 2.05) is 13.8 Å². The number of hydrogen-bond acceptors (Lipinski definition) is 8. The fourth-order valence-electron chi connectivity index (χ4n) is 1.87. The second-order valence-electron chi connectivity index (χ2n) is 5.53. The molecule has 0 saturated heterocycles. The molecule has 2 N–H and O–H groups in total. The summed E-state index contributed by atoms with van der Waals surface area (Å²) in [5, 5.41) is 14.9. The highest BCUT2D eigenvalue weighted by Gasteiger charge is 2.27. The third-order valence-corrected chi connectivity index (χ3v) is 5.61. The van der Waals surface area contributed by atoms with Crippen LogP contribution >= 0.6 is 23.1 Å². The molecular formula is C14H22N4O3S2. The van der Waals surface area contributed by atoms with E-state index in [0.717, 1.165) is 15.9 Å². The molecule has 1 saturated carbocycles. The second kappa shape index (κ2) is 8.49. The topological polar surface area (TPSA) is 93.2 Å². The van der Waals surface area contributed by atoms with Gasteiger partial charge in [-0.25, -0.2) is 4.79 Å². The number of esters is 1. The van der Waals surface area contributed by atoms with Crippen LogP contribution in [-0.4, -0.2) is 47.0 Å². The monoisotopic (exact) mass is 358 g/mol. The normalized spacial score (nSPS) is 16.5. The van der Waals surface area contributed by atoms with Gasteiger partial charge in [-0.05, 0) is 18.8 Å². The first-order valence-electron chi connectivity index (χ1n) is 7.63. The summed E-state index contributed by atoms with van der Waals surface area (Å²) in [6.07, 6.45) is 3.13. The van der Waals surface area contributed by atoms with Gasteiger partial charge in [0.1, 0.15) is 6.04 Å². The average molecular weight is 358 g/mol. The first kappa shape index (κ1) is 18.0. The van der Waals surface area contributed by atoms with Gasteiger partial charge in [0.2, 0.25) is 11.0 Å². The van der Waals surface area contributed by atoms with Gasteiger partial charge in [-0.1, -0.05) is 43.4 Å². The molecule has 2 atom stereocenters. The van der Waals surface area contributed by atoms with Crippen molar-refractivity contribution < 1.29 is 14.3 Å². The molecule has 1 fully saturated rings. The summed E-state index contributed by atoms with van der Waals surface area (Å²) in [7, 11) is 1.33. The van der Waals surface area contributed by atoms with Crippen LogP contribution in [0.1, 0.15) is 33.1 Å². The van der Waals surface area contributed by atoms with Crippen molar-refractivity contribution in [1.29, 1.82) is 0 Å². The van der Waals surface area contributed by atoms with Gasteiger partial charge in [0, 0.05) is 6.04 Å². The maximum Gasteiger partial charge on any atom is 0.328 e. The summed E-state index contributed by atoms with van der Waals surface area (Å²) in [5.74, 6) is -0.406. The van der Waals surface area contributed by atoms with Gasteiger partial charge in [0.25, 0.3) is 0 Å². The van der Waals surface area contributed by atoms with Crippen molar-refractivity contribution in [3.8, 4) is 0 Å². The number of aromatic nitrogens is 2. The van der Waals surface area contributed by atoms with Crippen LogP contribution in [0.3, 0.4) is 0 Å². The molecule has 0 bridgehead atoms. The molecule has 0 aromatic carbocycles. The minimum absolute atomic E-state index is 0.0206. The van der Waals surface area contributed by atoms with Gasteiger partial charge in [0.05, 0.1) is 12.9 Å². The summed E-state index contributed by atoms with van der Waals surface area (Å²) in [6, 6.07) is -0.0833. The van der Waals surface area contributed by atoms with Gasteiger partial charge < -0.3 is 15.4 Å². The molecule has 2 rings (SSSR count). The number of amides is 1. The number of anilines is 1. The zero-order valence-electron chi connectivity index (χ0n) is 13.5. The first-order valence-corrected chi connectivity index (χ1v) is 9.43. The number of methoxy groups -OCH3 is 1.